The molecular formula is C15H19N3O2. The molecule has 0 aliphatic carbocycles. The molecule has 2 heterocycles. The van der Waals surface area contributed by atoms with Crippen molar-refractivity contribution >= 4 is 0 Å². The van der Waals surface area contributed by atoms with Crippen LogP contribution in [-0.2, 0) is 6.54 Å². The number of hydrogen-bond donors (Lipinski definition) is 0. The van der Waals surface area contributed by atoms with E-state index in [0.717, 1.165) is 25.2 Å². The zero-order chi connectivity index (χ0) is 13.8. The van der Waals surface area contributed by atoms with Gasteiger partial charge in [-0.2, -0.15) is 4.68 Å². The Labute approximate surface area is 117 Å². The fraction of sp³-hybridized carbons (Fsp3) is 0.467. The van der Waals surface area contributed by atoms with Gasteiger partial charge >= 0.3 is 5.76 Å². The van der Waals surface area contributed by atoms with Crippen molar-refractivity contribution in [3.8, 4) is 11.5 Å². The Hall–Kier alpha value is -1.88. The second-order valence-corrected chi connectivity index (χ2v) is 5.16. The first kappa shape index (κ1) is 13.1. The lowest BCUT2D eigenvalue weighted by molar-refractivity contribution is 0.216. The summed E-state index contributed by atoms with van der Waals surface area (Å²) in [5.41, 5.74) is 0.835. The Bertz CT molecular complexity index is 597. The van der Waals surface area contributed by atoms with Crippen LogP contribution in [0.3, 0.4) is 0 Å². The molecule has 0 N–H and O–H groups in total. The number of benzene rings is 1. The van der Waals surface area contributed by atoms with Crippen LogP contribution in [0.1, 0.15) is 19.3 Å². The summed E-state index contributed by atoms with van der Waals surface area (Å²) in [5.74, 6) is 0.0232. The van der Waals surface area contributed by atoms with Gasteiger partial charge in [-0.3, -0.25) is 0 Å². The molecule has 5 heteroatoms. The Morgan fingerprint density at radius 2 is 1.80 bits per heavy atom. The van der Waals surface area contributed by atoms with E-state index >= 15 is 0 Å². The van der Waals surface area contributed by atoms with Crippen LogP contribution >= 0.6 is 0 Å². The van der Waals surface area contributed by atoms with Gasteiger partial charge in [0.25, 0.3) is 0 Å². The van der Waals surface area contributed by atoms with Crippen molar-refractivity contribution < 1.29 is 4.42 Å². The summed E-state index contributed by atoms with van der Waals surface area (Å²) in [5, 5.41) is 4.28. The molecule has 2 aromatic rings. The molecule has 1 aromatic heterocycles. The Kier molecular flexibility index (Phi) is 3.97. The van der Waals surface area contributed by atoms with E-state index in [1.165, 1.54) is 23.9 Å². The summed E-state index contributed by atoms with van der Waals surface area (Å²) in [6.07, 6.45) is 3.82. The predicted molar refractivity (Wildman–Crippen MR) is 76.5 cm³/mol. The van der Waals surface area contributed by atoms with E-state index in [0.29, 0.717) is 12.4 Å². The fourth-order valence-electron chi connectivity index (χ4n) is 2.56. The first-order valence-electron chi connectivity index (χ1n) is 7.19. The van der Waals surface area contributed by atoms with Crippen molar-refractivity contribution in [1.82, 2.24) is 14.7 Å². The van der Waals surface area contributed by atoms with Crippen LogP contribution in [0.15, 0.2) is 39.5 Å². The van der Waals surface area contributed by atoms with E-state index < -0.39 is 0 Å². The molecule has 106 valence electrons. The van der Waals surface area contributed by atoms with E-state index in [-0.39, 0.29) is 5.76 Å². The SMILES string of the molecule is O=c1oc(-c2ccccc2)nn1CCN1CCCCC1. The van der Waals surface area contributed by atoms with Crippen molar-refractivity contribution in [1.29, 1.82) is 0 Å². The van der Waals surface area contributed by atoms with Crippen LogP contribution in [0.2, 0.25) is 0 Å². The van der Waals surface area contributed by atoms with Crippen molar-refractivity contribution in [3.63, 3.8) is 0 Å². The molecule has 1 fully saturated rings. The van der Waals surface area contributed by atoms with E-state index in [2.05, 4.69) is 10.00 Å². The zero-order valence-corrected chi connectivity index (χ0v) is 11.5. The number of piperidine rings is 1. The van der Waals surface area contributed by atoms with Gasteiger partial charge in [-0.15, -0.1) is 5.10 Å². The lowest BCUT2D eigenvalue weighted by Gasteiger charge is -2.25. The highest BCUT2D eigenvalue weighted by Crippen LogP contribution is 2.14. The Morgan fingerprint density at radius 3 is 2.55 bits per heavy atom. The smallest absolute Gasteiger partial charge is 0.388 e. The van der Waals surface area contributed by atoms with Gasteiger partial charge in [0.15, 0.2) is 0 Å². The van der Waals surface area contributed by atoms with Gasteiger partial charge in [-0.1, -0.05) is 24.6 Å². The zero-order valence-electron chi connectivity index (χ0n) is 11.5. The first-order chi connectivity index (χ1) is 9.83. The lowest BCUT2D eigenvalue weighted by Crippen LogP contribution is -2.34. The molecule has 0 atom stereocenters. The highest BCUT2D eigenvalue weighted by atomic mass is 16.4. The molecule has 1 aliphatic rings. The third kappa shape index (κ3) is 2.99. The van der Waals surface area contributed by atoms with Gasteiger partial charge in [0.2, 0.25) is 5.89 Å². The van der Waals surface area contributed by atoms with Crippen LogP contribution in [0.25, 0.3) is 11.5 Å². The van der Waals surface area contributed by atoms with Crippen molar-refractivity contribution in [2.75, 3.05) is 19.6 Å². The average molecular weight is 273 g/mol. The molecule has 1 aromatic carbocycles. The van der Waals surface area contributed by atoms with Gasteiger partial charge in [0.05, 0.1) is 6.54 Å². The van der Waals surface area contributed by atoms with Crippen LogP contribution < -0.4 is 5.76 Å². The Balaban J connectivity index is 1.68. The minimum atomic E-state index is -0.374. The number of rotatable bonds is 4. The molecule has 0 saturated carbocycles. The maximum atomic E-state index is 11.8. The molecule has 0 amide bonds. The standard InChI is InChI=1S/C15H19N3O2/c19-15-18(12-11-17-9-5-2-6-10-17)16-14(20-15)13-7-3-1-4-8-13/h1,3-4,7-8H,2,5-6,9-12H2. The van der Waals surface area contributed by atoms with Crippen LogP contribution in [0.4, 0.5) is 0 Å². The van der Waals surface area contributed by atoms with Gasteiger partial charge in [0, 0.05) is 12.1 Å². The summed E-state index contributed by atoms with van der Waals surface area (Å²) >= 11 is 0. The van der Waals surface area contributed by atoms with Crippen molar-refractivity contribution in [2.24, 2.45) is 0 Å². The highest BCUT2D eigenvalue weighted by molar-refractivity contribution is 5.51. The summed E-state index contributed by atoms with van der Waals surface area (Å²) in [4.78, 5) is 14.2. The minimum absolute atomic E-state index is 0.374. The van der Waals surface area contributed by atoms with E-state index in [4.69, 9.17) is 4.42 Å². The second-order valence-electron chi connectivity index (χ2n) is 5.16. The topological polar surface area (TPSA) is 51.3 Å². The average Bonchev–Trinajstić information content (AvgIpc) is 2.88. The largest absolute Gasteiger partial charge is 0.437 e. The third-order valence-corrected chi connectivity index (χ3v) is 3.70. The number of nitrogens with zero attached hydrogens (tertiary/aromatic N) is 3. The third-order valence-electron chi connectivity index (χ3n) is 3.70. The molecule has 20 heavy (non-hydrogen) atoms. The monoisotopic (exact) mass is 273 g/mol. The summed E-state index contributed by atoms with van der Waals surface area (Å²) in [6, 6.07) is 9.51. The molecular weight excluding hydrogens is 254 g/mol. The number of hydrogen-bond acceptors (Lipinski definition) is 4. The molecule has 0 bridgehead atoms. The van der Waals surface area contributed by atoms with Crippen LogP contribution in [0, 0.1) is 0 Å². The summed E-state index contributed by atoms with van der Waals surface area (Å²) in [6.45, 7) is 3.70. The molecule has 5 nitrogen and oxygen atoms in total. The predicted octanol–water partition coefficient (Wildman–Crippen LogP) is 1.99. The van der Waals surface area contributed by atoms with Crippen LogP contribution in [-0.4, -0.2) is 34.3 Å². The molecule has 1 saturated heterocycles. The van der Waals surface area contributed by atoms with Crippen molar-refractivity contribution in [3.05, 3.63) is 40.9 Å². The van der Waals surface area contributed by atoms with Gasteiger partial charge in [0.1, 0.15) is 0 Å². The minimum Gasteiger partial charge on any atom is -0.388 e. The molecule has 0 radical (unpaired) electrons. The van der Waals surface area contributed by atoms with E-state index in [1.54, 1.807) is 0 Å². The Morgan fingerprint density at radius 1 is 1.05 bits per heavy atom. The lowest BCUT2D eigenvalue weighted by atomic mass is 10.1. The molecule has 0 spiro atoms. The van der Waals surface area contributed by atoms with Gasteiger partial charge < -0.3 is 9.32 Å². The number of aromatic nitrogens is 2. The van der Waals surface area contributed by atoms with Gasteiger partial charge in [-0.05, 0) is 38.1 Å². The first-order valence-corrected chi connectivity index (χ1v) is 7.19. The summed E-state index contributed by atoms with van der Waals surface area (Å²) < 4.78 is 6.65. The normalized spacial score (nSPS) is 16.4. The van der Waals surface area contributed by atoms with Crippen LogP contribution in [0.5, 0.6) is 0 Å². The quantitative estimate of drug-likeness (QED) is 0.855. The fourth-order valence-corrected chi connectivity index (χ4v) is 2.56. The van der Waals surface area contributed by atoms with E-state index in [1.807, 2.05) is 30.3 Å². The van der Waals surface area contributed by atoms with E-state index in [9.17, 15) is 4.79 Å². The molecule has 1 aliphatic heterocycles. The molecule has 3 rings (SSSR count). The maximum absolute atomic E-state index is 11.8. The van der Waals surface area contributed by atoms with Crippen molar-refractivity contribution in [2.45, 2.75) is 25.8 Å². The van der Waals surface area contributed by atoms with Gasteiger partial charge in [-0.25, -0.2) is 4.79 Å². The second kappa shape index (κ2) is 6.05. The summed E-state index contributed by atoms with van der Waals surface area (Å²) in [7, 11) is 0. The maximum Gasteiger partial charge on any atom is 0.437 e. The number of likely N-dealkylation sites (tertiary alicyclic amines) is 1. The molecule has 0 unspecified atom stereocenters. The highest BCUT2D eigenvalue weighted by Gasteiger charge is 2.13.